The lowest BCUT2D eigenvalue weighted by atomic mass is 10.0. The van der Waals surface area contributed by atoms with E-state index in [1.54, 1.807) is 25.4 Å². The number of methoxy groups -OCH3 is 1. The monoisotopic (exact) mass is 418 g/mol. The van der Waals surface area contributed by atoms with Gasteiger partial charge in [-0.1, -0.05) is 18.2 Å². The van der Waals surface area contributed by atoms with Gasteiger partial charge in [-0.3, -0.25) is 9.78 Å². The van der Waals surface area contributed by atoms with Gasteiger partial charge in [-0.15, -0.1) is 0 Å². The zero-order valence-electron chi connectivity index (χ0n) is 17.5. The fourth-order valence-electron chi connectivity index (χ4n) is 3.32. The molecular formula is C25H26N2O4. The van der Waals surface area contributed by atoms with Crippen molar-refractivity contribution in [3.63, 3.8) is 0 Å². The Morgan fingerprint density at radius 3 is 2.68 bits per heavy atom. The topological polar surface area (TPSA) is 80.7 Å². The van der Waals surface area contributed by atoms with Crippen LogP contribution in [0.3, 0.4) is 0 Å². The van der Waals surface area contributed by atoms with Crippen molar-refractivity contribution >= 4 is 5.91 Å². The van der Waals surface area contributed by atoms with Crippen molar-refractivity contribution in [1.29, 1.82) is 0 Å². The molecule has 1 aliphatic rings. The van der Waals surface area contributed by atoms with E-state index >= 15 is 0 Å². The number of nitrogens with one attached hydrogen (secondary N) is 1. The van der Waals surface area contributed by atoms with Crippen molar-refractivity contribution in [2.45, 2.75) is 26.0 Å². The van der Waals surface area contributed by atoms with Crippen molar-refractivity contribution in [2.75, 3.05) is 13.7 Å². The Morgan fingerprint density at radius 2 is 1.97 bits per heavy atom. The predicted molar refractivity (Wildman–Crippen MR) is 118 cm³/mol. The molecule has 6 nitrogen and oxygen atoms in total. The first-order chi connectivity index (χ1) is 15.2. The molecule has 160 valence electrons. The molecular weight excluding hydrogens is 392 g/mol. The van der Waals surface area contributed by atoms with Crippen molar-refractivity contribution in [3.05, 3.63) is 77.5 Å². The second-order valence-corrected chi connectivity index (χ2v) is 7.67. The Labute approximate surface area is 181 Å². The molecule has 0 saturated heterocycles. The quantitative estimate of drug-likeness (QED) is 0.550. The van der Waals surface area contributed by atoms with Gasteiger partial charge in [0.15, 0.2) is 0 Å². The van der Waals surface area contributed by atoms with E-state index in [0.717, 1.165) is 16.9 Å². The summed E-state index contributed by atoms with van der Waals surface area (Å²) in [5.74, 6) is 1.69. The van der Waals surface area contributed by atoms with E-state index in [9.17, 15) is 9.90 Å². The molecule has 1 fully saturated rings. The number of carbonyl (C=O) groups is 1. The number of aliphatic hydroxyl groups excluding tert-OH is 1. The summed E-state index contributed by atoms with van der Waals surface area (Å²) in [5.41, 5.74) is 3.55. The number of benzene rings is 2. The smallest absolute Gasteiger partial charge is 0.255 e. The van der Waals surface area contributed by atoms with Gasteiger partial charge in [0.2, 0.25) is 0 Å². The van der Waals surface area contributed by atoms with Crippen LogP contribution < -0.4 is 14.8 Å². The maximum absolute atomic E-state index is 13.1. The molecule has 0 spiro atoms. The Morgan fingerprint density at radius 1 is 1.16 bits per heavy atom. The number of aromatic nitrogens is 1. The fraction of sp³-hybridized carbons (Fsp3) is 0.280. The Kier molecular flexibility index (Phi) is 6.48. The number of carbonyl (C=O) groups excluding carboxylic acids is 1. The molecule has 3 aromatic rings. The summed E-state index contributed by atoms with van der Waals surface area (Å²) in [6, 6.07) is 16.7. The zero-order chi connectivity index (χ0) is 21.6. The van der Waals surface area contributed by atoms with Crippen LogP contribution in [0.5, 0.6) is 11.5 Å². The van der Waals surface area contributed by atoms with E-state index in [0.29, 0.717) is 41.6 Å². The lowest BCUT2D eigenvalue weighted by Gasteiger charge is -2.14. The first-order valence-electron chi connectivity index (χ1n) is 10.4. The van der Waals surface area contributed by atoms with Crippen molar-refractivity contribution in [3.8, 4) is 22.8 Å². The van der Waals surface area contributed by atoms with E-state index in [1.165, 1.54) is 12.8 Å². The third-order valence-corrected chi connectivity index (χ3v) is 5.34. The minimum atomic E-state index is -0.218. The van der Waals surface area contributed by atoms with Crippen molar-refractivity contribution in [1.82, 2.24) is 10.3 Å². The standard InChI is InChI=1S/C25H26N2O4/c1-30-21-9-6-17(7-10-21)14-27-25(29)22-13-19(24-20(15-28)3-2-12-26-24)8-11-23(22)31-16-18-4-5-18/h2-3,6-13,18,28H,4-5,14-16H2,1H3,(H,27,29). The zero-order valence-corrected chi connectivity index (χ0v) is 17.5. The second-order valence-electron chi connectivity index (χ2n) is 7.67. The van der Waals surface area contributed by atoms with E-state index in [2.05, 4.69) is 10.3 Å². The summed E-state index contributed by atoms with van der Waals surface area (Å²) in [6.45, 7) is 0.881. The van der Waals surface area contributed by atoms with Crippen LogP contribution in [0.2, 0.25) is 0 Å². The highest BCUT2D eigenvalue weighted by Gasteiger charge is 2.23. The first-order valence-corrected chi connectivity index (χ1v) is 10.4. The molecule has 0 bridgehead atoms. The number of hydrogen-bond acceptors (Lipinski definition) is 5. The average Bonchev–Trinajstić information content (AvgIpc) is 3.66. The average molecular weight is 418 g/mol. The van der Waals surface area contributed by atoms with Gasteiger partial charge >= 0.3 is 0 Å². The lowest BCUT2D eigenvalue weighted by molar-refractivity contribution is 0.0946. The summed E-state index contributed by atoms with van der Waals surface area (Å²) in [5, 5.41) is 12.6. The van der Waals surface area contributed by atoms with Gasteiger partial charge in [0.05, 0.1) is 31.6 Å². The number of pyridine rings is 1. The fourth-order valence-corrected chi connectivity index (χ4v) is 3.32. The van der Waals surface area contributed by atoms with Gasteiger partial charge in [0.25, 0.3) is 5.91 Å². The molecule has 31 heavy (non-hydrogen) atoms. The number of ether oxygens (including phenoxy) is 2. The molecule has 0 radical (unpaired) electrons. The molecule has 2 N–H and O–H groups in total. The highest BCUT2D eigenvalue weighted by molar-refractivity contribution is 5.98. The summed E-state index contributed by atoms with van der Waals surface area (Å²) >= 11 is 0. The van der Waals surface area contributed by atoms with Crippen LogP contribution >= 0.6 is 0 Å². The highest BCUT2D eigenvalue weighted by atomic mass is 16.5. The normalized spacial score (nSPS) is 13.0. The Bertz CT molecular complexity index is 1050. The van der Waals surface area contributed by atoms with Crippen molar-refractivity contribution in [2.24, 2.45) is 5.92 Å². The molecule has 1 heterocycles. The molecule has 0 atom stereocenters. The molecule has 1 aromatic heterocycles. The summed E-state index contributed by atoms with van der Waals surface area (Å²) in [6.07, 6.45) is 4.02. The molecule has 1 aliphatic carbocycles. The van der Waals surface area contributed by atoms with Crippen molar-refractivity contribution < 1.29 is 19.4 Å². The Hall–Kier alpha value is -3.38. The minimum Gasteiger partial charge on any atom is -0.497 e. The predicted octanol–water partition coefficient (Wildman–Crippen LogP) is 3.97. The van der Waals surface area contributed by atoms with Gasteiger partial charge in [-0.05, 0) is 60.7 Å². The summed E-state index contributed by atoms with van der Waals surface area (Å²) in [7, 11) is 1.62. The summed E-state index contributed by atoms with van der Waals surface area (Å²) < 4.78 is 11.1. The van der Waals surface area contributed by atoms with E-state index in [1.807, 2.05) is 42.5 Å². The van der Waals surface area contributed by atoms with Crippen LogP contribution in [0.4, 0.5) is 0 Å². The maximum Gasteiger partial charge on any atom is 0.255 e. The van der Waals surface area contributed by atoms with Crippen LogP contribution in [-0.2, 0) is 13.2 Å². The van der Waals surface area contributed by atoms with Gasteiger partial charge in [-0.2, -0.15) is 0 Å². The largest absolute Gasteiger partial charge is 0.497 e. The van der Waals surface area contributed by atoms with E-state index < -0.39 is 0 Å². The van der Waals surface area contributed by atoms with E-state index in [4.69, 9.17) is 9.47 Å². The first kappa shape index (κ1) is 20.9. The molecule has 6 heteroatoms. The van der Waals surface area contributed by atoms with Crippen LogP contribution in [0.15, 0.2) is 60.8 Å². The molecule has 1 amide bonds. The number of nitrogens with zero attached hydrogens (tertiary/aromatic N) is 1. The minimum absolute atomic E-state index is 0.123. The maximum atomic E-state index is 13.1. The third kappa shape index (κ3) is 5.22. The number of amides is 1. The van der Waals surface area contributed by atoms with Gasteiger partial charge in [0.1, 0.15) is 11.5 Å². The SMILES string of the molecule is COc1ccc(CNC(=O)c2cc(-c3ncccc3CO)ccc2OCC2CC2)cc1. The number of hydrogen-bond donors (Lipinski definition) is 2. The van der Waals surface area contributed by atoms with Crippen LogP contribution in [0.1, 0.15) is 34.3 Å². The van der Waals surface area contributed by atoms with Gasteiger partial charge < -0.3 is 19.9 Å². The van der Waals surface area contributed by atoms with Crippen LogP contribution in [0, 0.1) is 5.92 Å². The molecule has 2 aromatic carbocycles. The summed E-state index contributed by atoms with van der Waals surface area (Å²) in [4.78, 5) is 17.5. The second kappa shape index (κ2) is 9.62. The number of rotatable bonds is 9. The molecule has 4 rings (SSSR count). The van der Waals surface area contributed by atoms with Crippen LogP contribution in [0.25, 0.3) is 11.3 Å². The molecule has 0 aliphatic heterocycles. The van der Waals surface area contributed by atoms with Gasteiger partial charge in [-0.25, -0.2) is 0 Å². The lowest BCUT2D eigenvalue weighted by Crippen LogP contribution is -2.23. The molecule has 1 saturated carbocycles. The highest BCUT2D eigenvalue weighted by Crippen LogP contribution is 2.32. The molecule has 0 unspecified atom stereocenters. The van der Waals surface area contributed by atoms with Crippen LogP contribution in [-0.4, -0.2) is 29.7 Å². The van der Waals surface area contributed by atoms with E-state index in [-0.39, 0.29) is 12.5 Å². The number of aliphatic hydroxyl groups is 1. The Balaban J connectivity index is 1.57. The van der Waals surface area contributed by atoms with Gasteiger partial charge in [0, 0.05) is 23.9 Å². The third-order valence-electron chi connectivity index (χ3n) is 5.34.